The normalized spacial score (nSPS) is 21.0. The van der Waals surface area contributed by atoms with E-state index in [1.807, 2.05) is 5.01 Å². The second-order valence-corrected chi connectivity index (χ2v) is 14.9. The van der Waals surface area contributed by atoms with Crippen LogP contribution in [0.2, 0.25) is 5.02 Å². The first-order valence-corrected chi connectivity index (χ1v) is 18.3. The lowest BCUT2D eigenvalue weighted by molar-refractivity contribution is -0.137. The van der Waals surface area contributed by atoms with Gasteiger partial charge < -0.3 is 19.1 Å². The van der Waals surface area contributed by atoms with Crippen LogP contribution in [0, 0.1) is 11.8 Å². The van der Waals surface area contributed by atoms with E-state index in [4.69, 9.17) is 25.8 Å². The number of ether oxygens (including phenoxy) is 3. The molecule has 49 heavy (non-hydrogen) atoms. The third-order valence-electron chi connectivity index (χ3n) is 10.0. The molecule has 2 saturated heterocycles. The van der Waals surface area contributed by atoms with Crippen molar-refractivity contribution in [2.75, 3.05) is 58.4 Å². The number of hydrogen-bond donors (Lipinski definition) is 1. The minimum Gasteiger partial charge on any atom is -0.497 e. The zero-order chi connectivity index (χ0) is 34.9. The van der Waals surface area contributed by atoms with Gasteiger partial charge in [-0.3, -0.25) is 15.0 Å². The first-order valence-electron chi connectivity index (χ1n) is 16.5. The Balaban J connectivity index is 1.44. The van der Waals surface area contributed by atoms with Crippen molar-refractivity contribution in [3.8, 4) is 17.4 Å². The number of anilines is 1. The Morgan fingerprint density at radius 3 is 2.33 bits per heavy atom. The number of sulfonamides is 1. The summed E-state index contributed by atoms with van der Waals surface area (Å²) in [6.45, 7) is 5.30. The number of nitrogens with zero attached hydrogens (tertiary/aromatic N) is 4. The second-order valence-electron chi connectivity index (χ2n) is 12.7. The molecule has 14 heteroatoms. The highest BCUT2D eigenvalue weighted by Crippen LogP contribution is 2.52. The largest absolute Gasteiger partial charge is 0.497 e. The van der Waals surface area contributed by atoms with Crippen LogP contribution in [0.4, 0.5) is 5.69 Å². The molecular weight excluding hydrogens is 670 g/mol. The van der Waals surface area contributed by atoms with Crippen molar-refractivity contribution in [1.29, 1.82) is 0 Å². The van der Waals surface area contributed by atoms with E-state index in [1.54, 1.807) is 19.1 Å². The number of amides is 2. The van der Waals surface area contributed by atoms with E-state index in [0.29, 0.717) is 35.0 Å². The van der Waals surface area contributed by atoms with E-state index >= 15 is 4.79 Å². The van der Waals surface area contributed by atoms with Crippen LogP contribution in [-0.4, -0.2) is 89.2 Å². The Morgan fingerprint density at radius 1 is 0.980 bits per heavy atom. The fourth-order valence-corrected chi connectivity index (χ4v) is 9.21. The molecule has 3 aliphatic heterocycles. The van der Waals surface area contributed by atoms with Gasteiger partial charge in [0.2, 0.25) is 5.88 Å². The Hall–Kier alpha value is -3.91. The number of carbonyl (C=O) groups excluding carboxylic acids is 2. The quantitative estimate of drug-likeness (QED) is 0.305. The van der Waals surface area contributed by atoms with E-state index < -0.39 is 27.3 Å². The van der Waals surface area contributed by atoms with Crippen molar-refractivity contribution in [3.05, 3.63) is 70.9 Å². The summed E-state index contributed by atoms with van der Waals surface area (Å²) in [6, 6.07) is 11.7. The third kappa shape index (κ3) is 6.22. The van der Waals surface area contributed by atoms with Crippen LogP contribution in [0.15, 0.2) is 59.6 Å². The van der Waals surface area contributed by atoms with Crippen LogP contribution in [0.5, 0.6) is 17.4 Å². The van der Waals surface area contributed by atoms with Crippen LogP contribution < -0.4 is 23.9 Å². The highest BCUT2D eigenvalue weighted by atomic mass is 35.5. The van der Waals surface area contributed by atoms with Crippen molar-refractivity contribution < 1.29 is 32.2 Å². The van der Waals surface area contributed by atoms with E-state index in [-0.39, 0.29) is 45.0 Å². The summed E-state index contributed by atoms with van der Waals surface area (Å²) >= 11 is 6.54. The molecule has 0 radical (unpaired) electrons. The van der Waals surface area contributed by atoms with E-state index in [9.17, 15) is 13.2 Å². The minimum atomic E-state index is -4.67. The van der Waals surface area contributed by atoms with Gasteiger partial charge in [-0.1, -0.05) is 17.7 Å². The number of benzene rings is 2. The molecule has 0 aliphatic carbocycles. The molecule has 3 aromatic rings. The summed E-state index contributed by atoms with van der Waals surface area (Å²) in [5.41, 5.74) is 0.964. The highest BCUT2D eigenvalue weighted by molar-refractivity contribution is 7.93. The van der Waals surface area contributed by atoms with Gasteiger partial charge in [0.15, 0.2) is 5.41 Å². The van der Waals surface area contributed by atoms with Gasteiger partial charge in [-0.15, -0.1) is 0 Å². The Kier molecular flexibility index (Phi) is 10.1. The fourth-order valence-electron chi connectivity index (χ4n) is 7.43. The molecule has 262 valence electrons. The maximum absolute atomic E-state index is 15.1. The number of pyridine rings is 1. The Bertz CT molecular complexity index is 1830. The molecule has 3 aliphatic rings. The summed E-state index contributed by atoms with van der Waals surface area (Å²) in [5, 5.41) is 2.04. The molecule has 12 nitrogen and oxygen atoms in total. The lowest BCUT2D eigenvalue weighted by atomic mass is 9.74. The first kappa shape index (κ1) is 34.9. The lowest BCUT2D eigenvalue weighted by Crippen LogP contribution is -2.58. The summed E-state index contributed by atoms with van der Waals surface area (Å²) in [5.74, 6) is -0.201. The van der Waals surface area contributed by atoms with Gasteiger partial charge in [-0.2, -0.15) is 0 Å². The molecule has 1 N–H and O–H groups in total. The summed E-state index contributed by atoms with van der Waals surface area (Å²) in [6.07, 6.45) is 5.60. The molecule has 1 aromatic heterocycles. The van der Waals surface area contributed by atoms with Crippen molar-refractivity contribution in [3.63, 3.8) is 0 Å². The number of nitrogens with one attached hydrogen (secondary N) is 1. The number of methoxy groups -OCH3 is 2. The molecule has 2 fully saturated rings. The van der Waals surface area contributed by atoms with E-state index in [0.717, 1.165) is 38.8 Å². The van der Waals surface area contributed by atoms with Crippen LogP contribution >= 0.6 is 11.6 Å². The number of hydrogen-bond acceptors (Lipinski definition) is 10. The zero-order valence-electron chi connectivity index (χ0n) is 28.1. The number of rotatable bonds is 10. The molecule has 0 saturated carbocycles. The van der Waals surface area contributed by atoms with Crippen LogP contribution in [0.25, 0.3) is 0 Å². The van der Waals surface area contributed by atoms with E-state index in [1.165, 1.54) is 56.8 Å². The SMILES string of the molecule is CCOc1ncccc1C1(C(=O)NN2CCC(C3CCN(C)CC3)CC2)C(=O)N(S(=O)(=O)c2ccc(OC)cc2OC)c2ccc(Cl)cc21. The van der Waals surface area contributed by atoms with Gasteiger partial charge in [0, 0.05) is 41.5 Å². The van der Waals surface area contributed by atoms with Gasteiger partial charge in [0.25, 0.3) is 21.8 Å². The number of piperidine rings is 2. The monoisotopic (exact) mass is 711 g/mol. The zero-order valence-corrected chi connectivity index (χ0v) is 29.7. The van der Waals surface area contributed by atoms with Crippen molar-refractivity contribution in [2.24, 2.45) is 11.8 Å². The van der Waals surface area contributed by atoms with Crippen LogP contribution in [0.1, 0.15) is 43.7 Å². The average molecular weight is 712 g/mol. The average Bonchev–Trinajstić information content (AvgIpc) is 3.37. The molecule has 4 heterocycles. The predicted molar refractivity (Wildman–Crippen MR) is 185 cm³/mol. The van der Waals surface area contributed by atoms with Gasteiger partial charge in [0.05, 0.1) is 26.5 Å². The molecule has 0 spiro atoms. The fraction of sp³-hybridized carbons (Fsp3) is 0.457. The molecule has 0 bridgehead atoms. The predicted octanol–water partition coefficient (Wildman–Crippen LogP) is 4.26. The standard InChI is InChI=1S/C35H42ClN5O7S/c1-5-48-32-27(7-6-16-37-32)35(33(42)38-40-19-14-24(15-20-40)23-12-17-39(2)18-13-23)28-21-25(36)8-10-29(28)41(34(35)43)49(44,45)31-11-9-26(46-3)22-30(31)47-4/h6-11,16,21-24H,5,12-15,17-20H2,1-4H3,(H,38,42). The molecule has 1 unspecified atom stereocenters. The van der Waals surface area contributed by atoms with Crippen molar-refractivity contribution in [1.82, 2.24) is 20.3 Å². The number of halogens is 1. The maximum atomic E-state index is 15.1. The minimum absolute atomic E-state index is 0.0188. The Morgan fingerprint density at radius 2 is 1.67 bits per heavy atom. The van der Waals surface area contributed by atoms with E-state index in [2.05, 4.69) is 22.4 Å². The smallest absolute Gasteiger partial charge is 0.274 e. The van der Waals surface area contributed by atoms with Crippen LogP contribution in [0.3, 0.4) is 0 Å². The molecule has 1 atom stereocenters. The number of hydrazine groups is 1. The molecule has 6 rings (SSSR count). The second kappa shape index (κ2) is 14.1. The van der Waals surface area contributed by atoms with Gasteiger partial charge in [-0.25, -0.2) is 22.7 Å². The number of aromatic nitrogens is 1. The highest BCUT2D eigenvalue weighted by Gasteiger charge is 2.62. The van der Waals surface area contributed by atoms with Gasteiger partial charge in [0.1, 0.15) is 16.4 Å². The molecule has 2 aromatic carbocycles. The molecular formula is C35H42ClN5O7S. The summed E-state index contributed by atoms with van der Waals surface area (Å²) in [7, 11) is 0.247. The van der Waals surface area contributed by atoms with Crippen molar-refractivity contribution in [2.45, 2.75) is 42.9 Å². The Labute approximate surface area is 292 Å². The summed E-state index contributed by atoms with van der Waals surface area (Å²) in [4.78, 5) is 36.5. The maximum Gasteiger partial charge on any atom is 0.274 e. The van der Waals surface area contributed by atoms with Gasteiger partial charge in [-0.05, 0) is 101 Å². The van der Waals surface area contributed by atoms with Crippen molar-refractivity contribution >= 4 is 39.1 Å². The number of fused-ring (bicyclic) bond motifs is 1. The third-order valence-corrected chi connectivity index (χ3v) is 12.0. The summed E-state index contributed by atoms with van der Waals surface area (Å²) < 4.78 is 46.4. The topological polar surface area (TPSA) is 131 Å². The lowest BCUT2D eigenvalue weighted by Gasteiger charge is -2.40. The first-order chi connectivity index (χ1) is 23.6. The van der Waals surface area contributed by atoms with Crippen LogP contribution in [-0.2, 0) is 25.0 Å². The molecule has 2 amide bonds. The number of carbonyl (C=O) groups is 2. The number of likely N-dealkylation sites (tertiary alicyclic amines) is 1. The van der Waals surface area contributed by atoms with Gasteiger partial charge >= 0.3 is 0 Å².